The van der Waals surface area contributed by atoms with Crippen molar-refractivity contribution in [3.05, 3.63) is 274 Å². The average molecular weight is 927 g/mol. The van der Waals surface area contributed by atoms with Crippen LogP contribution in [0.1, 0.15) is 131 Å². The van der Waals surface area contributed by atoms with Gasteiger partial charge in [0.1, 0.15) is 0 Å². The third-order valence-corrected chi connectivity index (χ3v) is 12.0. The molecule has 0 aromatic heterocycles. The number of rotatable bonds is 15. The highest BCUT2D eigenvalue weighted by atomic mass is 14.2. The standard InChI is InChI=1S/C44H40.C20H28.3C2H6/c1-7-31(2)37-20-26-41(27-21-37)43-14-11-15-44(30-43)42-28-22-38(23-29-42)33(4)17-19-40-25-24-39(34(5)35(40)6)18-16-32(3)36-12-9-8-10-13-36;1-9-11-12-16(5)17(6)13-14-20(10-2)19(8)18(7)15(3)4;3*1-2/h7-20,22-26,28-30H,1-3,6,21,27H2,4-5H3;9-14H,2,6H2,1,3-5,7-8H3;3*1-2H3/b18-16-,33-17+,40-19-;11-9-,14-13-,16-12+,20-19+;;;. The zero-order valence-electron chi connectivity index (χ0n) is 45.8. The molecule has 0 atom stereocenters. The summed E-state index contributed by atoms with van der Waals surface area (Å²) in [5, 5.41) is 2.17. The summed E-state index contributed by atoms with van der Waals surface area (Å²) in [4.78, 5) is 0. The Morgan fingerprint density at radius 3 is 1.80 bits per heavy atom. The molecule has 0 fully saturated rings. The van der Waals surface area contributed by atoms with E-state index in [9.17, 15) is 0 Å². The molecule has 4 aromatic carbocycles. The highest BCUT2D eigenvalue weighted by Gasteiger charge is 2.11. The smallest absolute Gasteiger partial charge is 0.0178 e. The first kappa shape index (κ1) is 61.0. The van der Waals surface area contributed by atoms with Crippen LogP contribution in [0.3, 0.4) is 0 Å². The van der Waals surface area contributed by atoms with E-state index < -0.39 is 0 Å². The second kappa shape index (κ2) is 33.5. The van der Waals surface area contributed by atoms with E-state index in [0.717, 1.165) is 56.7 Å². The molecule has 0 nitrogen and oxygen atoms in total. The molecule has 0 unspecified atom stereocenters. The molecule has 4 aromatic rings. The minimum absolute atomic E-state index is 0.993. The molecule has 0 spiro atoms. The van der Waals surface area contributed by atoms with E-state index in [4.69, 9.17) is 0 Å². The summed E-state index contributed by atoms with van der Waals surface area (Å²) in [5.41, 5.74) is 21.5. The zero-order valence-corrected chi connectivity index (χ0v) is 45.8. The van der Waals surface area contributed by atoms with Gasteiger partial charge in [-0.15, -0.1) is 0 Å². The molecule has 0 amide bonds. The topological polar surface area (TPSA) is 0 Å². The molecule has 5 rings (SSSR count). The van der Waals surface area contributed by atoms with Crippen molar-refractivity contribution >= 4 is 35.5 Å². The van der Waals surface area contributed by atoms with Crippen LogP contribution in [0, 0.1) is 6.92 Å². The van der Waals surface area contributed by atoms with Gasteiger partial charge in [0.2, 0.25) is 0 Å². The van der Waals surface area contributed by atoms with E-state index in [1.54, 1.807) is 0 Å². The Kier molecular flexibility index (Phi) is 29.2. The van der Waals surface area contributed by atoms with Gasteiger partial charge in [-0.2, -0.15) is 0 Å². The van der Waals surface area contributed by atoms with Crippen LogP contribution in [0.25, 0.3) is 46.6 Å². The lowest BCUT2D eigenvalue weighted by Gasteiger charge is -2.16. The third-order valence-electron chi connectivity index (χ3n) is 12.0. The van der Waals surface area contributed by atoms with E-state index in [2.05, 4.69) is 209 Å². The summed E-state index contributed by atoms with van der Waals surface area (Å²) in [5.74, 6) is 0. The zero-order chi connectivity index (χ0) is 52.8. The molecule has 0 heteroatoms. The normalized spacial score (nSPS) is 12.9. The number of hydrogen-bond acceptors (Lipinski definition) is 0. The Labute approximate surface area is 427 Å². The fourth-order valence-corrected chi connectivity index (χ4v) is 7.09. The highest BCUT2D eigenvalue weighted by Crippen LogP contribution is 2.32. The first-order valence-electron chi connectivity index (χ1n) is 25.2. The van der Waals surface area contributed by atoms with Gasteiger partial charge >= 0.3 is 0 Å². The van der Waals surface area contributed by atoms with Gasteiger partial charge in [0.15, 0.2) is 0 Å². The molecule has 0 radical (unpaired) electrons. The minimum atomic E-state index is 0.993. The van der Waals surface area contributed by atoms with E-state index in [0.29, 0.717) is 0 Å². The van der Waals surface area contributed by atoms with Crippen LogP contribution in [0.4, 0.5) is 0 Å². The summed E-state index contributed by atoms with van der Waals surface area (Å²) in [7, 11) is 0. The fourth-order valence-electron chi connectivity index (χ4n) is 7.09. The van der Waals surface area contributed by atoms with Crippen LogP contribution < -0.4 is 10.4 Å². The Morgan fingerprint density at radius 1 is 0.586 bits per heavy atom. The van der Waals surface area contributed by atoms with Gasteiger partial charge in [-0.1, -0.05) is 251 Å². The molecule has 70 heavy (non-hydrogen) atoms. The van der Waals surface area contributed by atoms with Crippen LogP contribution in [0.5, 0.6) is 0 Å². The molecule has 1 aliphatic rings. The van der Waals surface area contributed by atoms with Gasteiger partial charge in [0.05, 0.1) is 0 Å². The summed E-state index contributed by atoms with van der Waals surface area (Å²) < 4.78 is 0. The molecule has 0 bridgehead atoms. The number of benzene rings is 4. The molecule has 0 N–H and O–H groups in total. The molecular weight excluding hydrogens is 841 g/mol. The predicted molar refractivity (Wildman–Crippen MR) is 323 cm³/mol. The maximum absolute atomic E-state index is 4.39. The summed E-state index contributed by atoms with van der Waals surface area (Å²) in [6, 6.07) is 32.3. The molecular formula is C70H86. The van der Waals surface area contributed by atoms with Crippen molar-refractivity contribution in [1.29, 1.82) is 0 Å². The van der Waals surface area contributed by atoms with Crippen LogP contribution in [0.15, 0.2) is 235 Å². The van der Waals surface area contributed by atoms with Crippen LogP contribution >= 0.6 is 0 Å². The van der Waals surface area contributed by atoms with Crippen LogP contribution in [0.2, 0.25) is 0 Å². The Balaban J connectivity index is 0.000000795. The van der Waals surface area contributed by atoms with Crippen molar-refractivity contribution in [3.63, 3.8) is 0 Å². The fraction of sp³-hybridized carbons (Fsp3) is 0.229. The quantitative estimate of drug-likeness (QED) is 0.104. The van der Waals surface area contributed by atoms with E-state index >= 15 is 0 Å². The second-order valence-electron chi connectivity index (χ2n) is 16.5. The summed E-state index contributed by atoms with van der Waals surface area (Å²) >= 11 is 0. The number of allylic oxidation sites excluding steroid dienone is 22. The molecule has 0 saturated heterocycles. The van der Waals surface area contributed by atoms with E-state index in [1.165, 1.54) is 66.8 Å². The molecule has 1 aliphatic carbocycles. The maximum Gasteiger partial charge on any atom is -0.0178 e. The van der Waals surface area contributed by atoms with Gasteiger partial charge in [-0.25, -0.2) is 0 Å². The SMILES string of the molecule is C=CC(/C=C\C(=C)/C(C)=C/C=C\C)=C(/C)C(C)=C(C)C.C=CC(=C)C1=CC=C(c2cccc(-c3ccc(/C(C)=C/C=c4/ccc(/C=C\C(=C)c5ccccc5)c(C)c4=C)cc3)c2)CC1.CC.CC.CC. The molecule has 0 aliphatic heterocycles. The van der Waals surface area contributed by atoms with Crippen molar-refractivity contribution in [3.8, 4) is 11.1 Å². The monoisotopic (exact) mass is 927 g/mol. The first-order valence-corrected chi connectivity index (χ1v) is 25.2. The molecule has 366 valence electrons. The van der Waals surface area contributed by atoms with Gasteiger partial charge < -0.3 is 0 Å². The Bertz CT molecular complexity index is 2780. The van der Waals surface area contributed by atoms with E-state index in [1.807, 2.05) is 97.0 Å². The largest absolute Gasteiger partial charge is 0.0985 e. The summed E-state index contributed by atoms with van der Waals surface area (Å²) in [6.45, 7) is 53.5. The summed E-state index contributed by atoms with van der Waals surface area (Å²) in [6.07, 6.45) is 29.0. The average Bonchev–Trinajstić information content (AvgIpc) is 3.41. The lowest BCUT2D eigenvalue weighted by molar-refractivity contribution is 0.995. The van der Waals surface area contributed by atoms with Crippen molar-refractivity contribution < 1.29 is 0 Å². The van der Waals surface area contributed by atoms with Gasteiger partial charge in [-0.05, 0) is 179 Å². The van der Waals surface area contributed by atoms with Crippen molar-refractivity contribution in [2.24, 2.45) is 0 Å². The predicted octanol–water partition coefficient (Wildman–Crippen LogP) is 20.1. The maximum atomic E-state index is 4.39. The lowest BCUT2D eigenvalue weighted by atomic mass is 9.89. The Morgan fingerprint density at radius 2 is 1.23 bits per heavy atom. The second-order valence-corrected chi connectivity index (χ2v) is 16.5. The lowest BCUT2D eigenvalue weighted by Crippen LogP contribution is -2.26. The van der Waals surface area contributed by atoms with Crippen LogP contribution in [-0.4, -0.2) is 0 Å². The van der Waals surface area contributed by atoms with E-state index in [-0.39, 0.29) is 0 Å². The van der Waals surface area contributed by atoms with Crippen molar-refractivity contribution in [2.75, 3.05) is 0 Å². The molecule has 0 saturated carbocycles. The van der Waals surface area contributed by atoms with Crippen LogP contribution in [-0.2, 0) is 0 Å². The first-order chi connectivity index (χ1) is 33.7. The minimum Gasteiger partial charge on any atom is -0.0985 e. The van der Waals surface area contributed by atoms with Crippen molar-refractivity contribution in [2.45, 2.75) is 110 Å². The number of hydrogen-bond donors (Lipinski definition) is 0. The Hall–Kier alpha value is -7.02. The molecule has 0 heterocycles. The highest BCUT2D eigenvalue weighted by molar-refractivity contribution is 5.79. The van der Waals surface area contributed by atoms with Gasteiger partial charge in [0, 0.05) is 0 Å². The third kappa shape index (κ3) is 19.2. The van der Waals surface area contributed by atoms with Crippen molar-refractivity contribution in [1.82, 2.24) is 0 Å². The van der Waals surface area contributed by atoms with Gasteiger partial charge in [0.25, 0.3) is 0 Å². The van der Waals surface area contributed by atoms with Gasteiger partial charge in [-0.3, -0.25) is 0 Å².